The van der Waals surface area contributed by atoms with Crippen molar-refractivity contribution in [3.05, 3.63) is 0 Å². The van der Waals surface area contributed by atoms with Gasteiger partial charge in [-0.1, -0.05) is 0 Å². The van der Waals surface area contributed by atoms with E-state index in [-0.39, 0.29) is 6.61 Å². The maximum Gasteiger partial charge on any atom is 0.338 e. The monoisotopic (exact) mass is 176 g/mol. The molecule has 0 aromatic heterocycles. The summed E-state index contributed by atoms with van der Waals surface area (Å²) < 4.78 is 14.6. The first-order valence-electron chi connectivity index (χ1n) is 3.61. The molecule has 0 aliphatic carbocycles. The smallest absolute Gasteiger partial charge is 0.338 e. The summed E-state index contributed by atoms with van der Waals surface area (Å²) in [6.45, 7) is -0.246. The molecule has 0 amide bonds. The molecular formula is C7H12O5. The van der Waals surface area contributed by atoms with Gasteiger partial charge < -0.3 is 19.3 Å². The number of esters is 1. The van der Waals surface area contributed by atoms with Gasteiger partial charge in [-0.2, -0.15) is 0 Å². The van der Waals surface area contributed by atoms with Crippen LogP contribution in [0.3, 0.4) is 0 Å². The van der Waals surface area contributed by atoms with Crippen LogP contribution in [0.2, 0.25) is 0 Å². The molecule has 1 rings (SSSR count). The molecule has 1 aliphatic heterocycles. The standard InChI is InChI=1S/C7H12O5/c1-10-5-4(3-8)12-7(9)6(5)11-2/h4-6,8H,3H2,1-2H3/t4-,5+,6-/m0/s1. The molecule has 0 bridgehead atoms. The highest BCUT2D eigenvalue weighted by Crippen LogP contribution is 2.20. The number of ether oxygens (including phenoxy) is 3. The zero-order chi connectivity index (χ0) is 9.14. The van der Waals surface area contributed by atoms with Crippen LogP contribution in [0.25, 0.3) is 0 Å². The first kappa shape index (κ1) is 9.44. The van der Waals surface area contributed by atoms with Crippen LogP contribution in [-0.2, 0) is 19.0 Å². The summed E-state index contributed by atoms with van der Waals surface area (Å²) in [6, 6.07) is 0. The Kier molecular flexibility index (Phi) is 3.02. The van der Waals surface area contributed by atoms with E-state index in [9.17, 15) is 4.79 Å². The molecule has 5 heteroatoms. The van der Waals surface area contributed by atoms with Crippen LogP contribution in [0.1, 0.15) is 0 Å². The maximum absolute atomic E-state index is 11.0. The Labute approximate surface area is 70.2 Å². The van der Waals surface area contributed by atoms with Gasteiger partial charge in [-0.3, -0.25) is 0 Å². The van der Waals surface area contributed by atoms with Crippen LogP contribution in [0.15, 0.2) is 0 Å². The fraction of sp³-hybridized carbons (Fsp3) is 0.857. The Balaban J connectivity index is 2.68. The van der Waals surface area contributed by atoms with E-state index in [2.05, 4.69) is 0 Å². The van der Waals surface area contributed by atoms with E-state index >= 15 is 0 Å². The largest absolute Gasteiger partial charge is 0.455 e. The average Bonchev–Trinajstić information content (AvgIpc) is 2.40. The highest BCUT2D eigenvalue weighted by Gasteiger charge is 2.45. The highest BCUT2D eigenvalue weighted by atomic mass is 16.6. The number of rotatable bonds is 3. The number of aliphatic hydroxyl groups excluding tert-OH is 1. The summed E-state index contributed by atoms with van der Waals surface area (Å²) in [5, 5.41) is 8.79. The molecule has 1 heterocycles. The lowest BCUT2D eigenvalue weighted by Gasteiger charge is -2.15. The first-order valence-corrected chi connectivity index (χ1v) is 3.61. The van der Waals surface area contributed by atoms with Gasteiger partial charge in [0.25, 0.3) is 0 Å². The van der Waals surface area contributed by atoms with E-state index in [0.29, 0.717) is 0 Å². The SMILES string of the molecule is CO[C@@H]1[C@H](CO)OC(=O)[C@H]1OC. The number of cyclic esters (lactones) is 1. The molecule has 1 saturated heterocycles. The number of aliphatic hydroxyl groups is 1. The summed E-state index contributed by atoms with van der Waals surface area (Å²) in [7, 11) is 2.85. The predicted molar refractivity (Wildman–Crippen MR) is 38.6 cm³/mol. The van der Waals surface area contributed by atoms with Gasteiger partial charge in [0.2, 0.25) is 0 Å². The third kappa shape index (κ3) is 1.43. The predicted octanol–water partition coefficient (Wildman–Crippen LogP) is -1.07. The quantitative estimate of drug-likeness (QED) is 0.555. The Morgan fingerprint density at radius 2 is 2.17 bits per heavy atom. The van der Waals surface area contributed by atoms with Gasteiger partial charge in [0.05, 0.1) is 6.61 Å². The van der Waals surface area contributed by atoms with Crippen LogP contribution >= 0.6 is 0 Å². The Hall–Kier alpha value is -0.650. The molecule has 1 N–H and O–H groups in total. The lowest BCUT2D eigenvalue weighted by molar-refractivity contribution is -0.149. The minimum absolute atomic E-state index is 0.246. The zero-order valence-corrected chi connectivity index (χ0v) is 7.02. The summed E-state index contributed by atoms with van der Waals surface area (Å²) in [4.78, 5) is 11.0. The topological polar surface area (TPSA) is 65.0 Å². The lowest BCUT2D eigenvalue weighted by Crippen LogP contribution is -2.36. The van der Waals surface area contributed by atoms with E-state index in [1.54, 1.807) is 0 Å². The average molecular weight is 176 g/mol. The van der Waals surface area contributed by atoms with Gasteiger partial charge in [-0.05, 0) is 0 Å². The van der Waals surface area contributed by atoms with E-state index in [1.807, 2.05) is 0 Å². The van der Waals surface area contributed by atoms with Gasteiger partial charge in [0.1, 0.15) is 6.10 Å². The molecule has 1 aliphatic rings. The van der Waals surface area contributed by atoms with E-state index in [0.717, 1.165) is 0 Å². The Bertz CT molecular complexity index is 169. The summed E-state index contributed by atoms with van der Waals surface area (Å²) >= 11 is 0. The number of carbonyl (C=O) groups is 1. The Morgan fingerprint density at radius 1 is 1.50 bits per heavy atom. The van der Waals surface area contributed by atoms with Gasteiger partial charge in [0.15, 0.2) is 12.2 Å². The second-order valence-corrected chi connectivity index (χ2v) is 2.51. The van der Waals surface area contributed by atoms with E-state index < -0.39 is 24.3 Å². The van der Waals surface area contributed by atoms with Crippen molar-refractivity contribution < 1.29 is 24.1 Å². The van der Waals surface area contributed by atoms with Crippen molar-refractivity contribution in [3.63, 3.8) is 0 Å². The third-order valence-corrected chi connectivity index (χ3v) is 1.87. The molecule has 0 spiro atoms. The molecule has 1 fully saturated rings. The van der Waals surface area contributed by atoms with Crippen molar-refractivity contribution in [3.8, 4) is 0 Å². The van der Waals surface area contributed by atoms with Gasteiger partial charge in [-0.25, -0.2) is 4.79 Å². The van der Waals surface area contributed by atoms with E-state index in [1.165, 1.54) is 14.2 Å². The second kappa shape index (κ2) is 3.84. The van der Waals surface area contributed by atoms with Crippen molar-refractivity contribution in [1.29, 1.82) is 0 Å². The summed E-state index contributed by atoms with van der Waals surface area (Å²) in [6.07, 6.45) is -1.83. The van der Waals surface area contributed by atoms with Crippen LogP contribution in [-0.4, -0.2) is 50.2 Å². The van der Waals surface area contributed by atoms with Crippen LogP contribution < -0.4 is 0 Å². The fourth-order valence-electron chi connectivity index (χ4n) is 1.26. The maximum atomic E-state index is 11.0. The molecule has 5 nitrogen and oxygen atoms in total. The molecular weight excluding hydrogens is 164 g/mol. The van der Waals surface area contributed by atoms with Crippen molar-refractivity contribution in [2.24, 2.45) is 0 Å². The van der Waals surface area contributed by atoms with Gasteiger partial charge in [0, 0.05) is 14.2 Å². The lowest BCUT2D eigenvalue weighted by atomic mass is 10.1. The normalized spacial score (nSPS) is 35.2. The molecule has 12 heavy (non-hydrogen) atoms. The Morgan fingerprint density at radius 3 is 2.58 bits per heavy atom. The molecule has 0 unspecified atom stereocenters. The minimum atomic E-state index is -0.716. The molecule has 0 radical (unpaired) electrons. The fourth-order valence-corrected chi connectivity index (χ4v) is 1.26. The van der Waals surface area contributed by atoms with Crippen LogP contribution in [0, 0.1) is 0 Å². The number of carbonyl (C=O) groups excluding carboxylic acids is 1. The number of methoxy groups -OCH3 is 2. The summed E-state index contributed by atoms with van der Waals surface area (Å²) in [5.74, 6) is -0.483. The van der Waals surface area contributed by atoms with Gasteiger partial charge >= 0.3 is 5.97 Å². The molecule has 3 atom stereocenters. The first-order chi connectivity index (χ1) is 5.74. The van der Waals surface area contributed by atoms with Crippen LogP contribution in [0.4, 0.5) is 0 Å². The van der Waals surface area contributed by atoms with Crippen LogP contribution in [0.5, 0.6) is 0 Å². The van der Waals surface area contributed by atoms with Crippen molar-refractivity contribution in [1.82, 2.24) is 0 Å². The molecule has 0 saturated carbocycles. The van der Waals surface area contributed by atoms with Crippen molar-refractivity contribution in [2.45, 2.75) is 18.3 Å². The van der Waals surface area contributed by atoms with Crippen molar-refractivity contribution >= 4 is 5.97 Å². The number of hydrogen-bond donors (Lipinski definition) is 1. The van der Waals surface area contributed by atoms with E-state index in [4.69, 9.17) is 19.3 Å². The molecule has 70 valence electrons. The summed E-state index contributed by atoms with van der Waals surface area (Å²) in [5.41, 5.74) is 0. The molecule has 0 aromatic rings. The number of hydrogen-bond acceptors (Lipinski definition) is 5. The van der Waals surface area contributed by atoms with Gasteiger partial charge in [-0.15, -0.1) is 0 Å². The minimum Gasteiger partial charge on any atom is -0.455 e. The second-order valence-electron chi connectivity index (χ2n) is 2.51. The third-order valence-electron chi connectivity index (χ3n) is 1.87. The highest BCUT2D eigenvalue weighted by molar-refractivity contribution is 5.78. The van der Waals surface area contributed by atoms with Crippen molar-refractivity contribution in [2.75, 3.05) is 20.8 Å². The molecule has 0 aromatic carbocycles. The zero-order valence-electron chi connectivity index (χ0n) is 7.02.